The molecule has 0 spiro atoms. The second-order valence-corrected chi connectivity index (χ2v) is 4.92. The van der Waals surface area contributed by atoms with Crippen LogP contribution in [-0.4, -0.2) is 18.3 Å². The molecule has 0 saturated heterocycles. The quantitative estimate of drug-likeness (QED) is 0.895. The first-order valence-corrected chi connectivity index (χ1v) is 6.11. The SMILES string of the molecule is COc1ccc(-c2cc(C(C)(C)NC(N)=O)on2)cc1. The largest absolute Gasteiger partial charge is 0.497 e. The molecule has 0 aliphatic heterocycles. The van der Waals surface area contributed by atoms with Gasteiger partial charge in [0.15, 0.2) is 5.76 Å². The molecule has 1 aromatic heterocycles. The van der Waals surface area contributed by atoms with E-state index < -0.39 is 11.6 Å². The zero-order valence-corrected chi connectivity index (χ0v) is 11.6. The van der Waals surface area contributed by atoms with Gasteiger partial charge in [0.1, 0.15) is 11.4 Å². The number of hydrogen-bond donors (Lipinski definition) is 2. The second-order valence-electron chi connectivity index (χ2n) is 4.92. The molecule has 1 aromatic carbocycles. The van der Waals surface area contributed by atoms with Crippen molar-refractivity contribution in [2.24, 2.45) is 5.73 Å². The lowest BCUT2D eigenvalue weighted by Crippen LogP contribution is -2.43. The van der Waals surface area contributed by atoms with Gasteiger partial charge in [-0.1, -0.05) is 5.16 Å². The van der Waals surface area contributed by atoms with Crippen LogP contribution in [0.1, 0.15) is 19.6 Å². The van der Waals surface area contributed by atoms with Crippen LogP contribution in [0.3, 0.4) is 0 Å². The highest BCUT2D eigenvalue weighted by atomic mass is 16.5. The molecular weight excluding hydrogens is 258 g/mol. The smallest absolute Gasteiger partial charge is 0.312 e. The zero-order valence-electron chi connectivity index (χ0n) is 11.6. The molecule has 3 N–H and O–H groups in total. The summed E-state index contributed by atoms with van der Waals surface area (Å²) < 4.78 is 10.4. The number of methoxy groups -OCH3 is 1. The van der Waals surface area contributed by atoms with Crippen LogP contribution in [0.25, 0.3) is 11.3 Å². The summed E-state index contributed by atoms with van der Waals surface area (Å²) in [6.07, 6.45) is 0. The molecule has 0 bridgehead atoms. The Morgan fingerprint density at radius 1 is 1.35 bits per heavy atom. The second kappa shape index (κ2) is 5.24. The number of rotatable bonds is 4. The van der Waals surface area contributed by atoms with E-state index in [9.17, 15) is 4.79 Å². The van der Waals surface area contributed by atoms with E-state index >= 15 is 0 Å². The Morgan fingerprint density at radius 3 is 2.55 bits per heavy atom. The minimum atomic E-state index is -0.719. The van der Waals surface area contributed by atoms with Gasteiger partial charge in [0.25, 0.3) is 0 Å². The van der Waals surface area contributed by atoms with Crippen LogP contribution in [-0.2, 0) is 5.54 Å². The van der Waals surface area contributed by atoms with Crippen LogP contribution in [0, 0.1) is 0 Å². The highest BCUT2D eigenvalue weighted by molar-refractivity contribution is 5.72. The van der Waals surface area contributed by atoms with Crippen molar-refractivity contribution in [3.63, 3.8) is 0 Å². The number of carbonyl (C=O) groups is 1. The van der Waals surface area contributed by atoms with E-state index in [-0.39, 0.29) is 0 Å². The highest BCUT2D eigenvalue weighted by Gasteiger charge is 2.27. The summed E-state index contributed by atoms with van der Waals surface area (Å²) in [5, 5.41) is 6.61. The van der Waals surface area contributed by atoms with E-state index in [4.69, 9.17) is 15.0 Å². The van der Waals surface area contributed by atoms with Crippen LogP contribution in [0.5, 0.6) is 5.75 Å². The topological polar surface area (TPSA) is 90.4 Å². The lowest BCUT2D eigenvalue weighted by Gasteiger charge is -2.21. The average Bonchev–Trinajstić information content (AvgIpc) is 2.88. The molecule has 2 amide bonds. The fraction of sp³-hybridized carbons (Fsp3) is 0.286. The Kier molecular flexibility index (Phi) is 3.65. The number of benzene rings is 1. The highest BCUT2D eigenvalue weighted by Crippen LogP contribution is 2.27. The number of aromatic nitrogens is 1. The fourth-order valence-electron chi connectivity index (χ4n) is 1.84. The molecule has 2 rings (SSSR count). The molecule has 0 unspecified atom stereocenters. The molecule has 0 aliphatic rings. The number of ether oxygens (including phenoxy) is 1. The first-order valence-electron chi connectivity index (χ1n) is 6.11. The third-order valence-corrected chi connectivity index (χ3v) is 2.95. The number of carbonyl (C=O) groups excluding carboxylic acids is 1. The number of nitrogens with one attached hydrogen (secondary N) is 1. The number of hydrogen-bond acceptors (Lipinski definition) is 4. The average molecular weight is 275 g/mol. The molecule has 0 radical (unpaired) electrons. The summed E-state index contributed by atoms with van der Waals surface area (Å²) in [5.41, 5.74) is 6.00. The monoisotopic (exact) mass is 275 g/mol. The van der Waals surface area contributed by atoms with E-state index in [0.29, 0.717) is 11.5 Å². The van der Waals surface area contributed by atoms with E-state index in [1.165, 1.54) is 0 Å². The third kappa shape index (κ3) is 2.90. The van der Waals surface area contributed by atoms with Gasteiger partial charge in [-0.15, -0.1) is 0 Å². The maximum atomic E-state index is 11.0. The van der Waals surface area contributed by atoms with Gasteiger partial charge in [-0.05, 0) is 38.1 Å². The van der Waals surface area contributed by atoms with Gasteiger partial charge in [-0.2, -0.15) is 0 Å². The van der Waals surface area contributed by atoms with Gasteiger partial charge >= 0.3 is 6.03 Å². The predicted molar refractivity (Wildman–Crippen MR) is 74.2 cm³/mol. The van der Waals surface area contributed by atoms with Crippen molar-refractivity contribution in [3.05, 3.63) is 36.1 Å². The Morgan fingerprint density at radius 2 is 2.00 bits per heavy atom. The van der Waals surface area contributed by atoms with Gasteiger partial charge in [0, 0.05) is 11.6 Å². The zero-order chi connectivity index (χ0) is 14.8. The van der Waals surface area contributed by atoms with Gasteiger partial charge < -0.3 is 20.3 Å². The Labute approximate surface area is 116 Å². The minimum Gasteiger partial charge on any atom is -0.497 e. The first-order chi connectivity index (χ1) is 9.42. The van der Waals surface area contributed by atoms with Crippen LogP contribution in [0.4, 0.5) is 4.79 Å². The molecule has 6 nitrogen and oxygen atoms in total. The summed E-state index contributed by atoms with van der Waals surface area (Å²) in [4.78, 5) is 11.0. The van der Waals surface area contributed by atoms with E-state index in [1.54, 1.807) is 27.0 Å². The molecule has 20 heavy (non-hydrogen) atoms. The standard InChI is InChI=1S/C14H17N3O3/c1-14(2,16-13(15)18)12-8-11(17-20-12)9-4-6-10(19-3)7-5-9/h4-8H,1-3H3,(H3,15,16,18). The van der Waals surface area contributed by atoms with Crippen LogP contribution < -0.4 is 15.8 Å². The van der Waals surface area contributed by atoms with Crippen LogP contribution in [0.2, 0.25) is 0 Å². The fourth-order valence-corrected chi connectivity index (χ4v) is 1.84. The Bertz CT molecular complexity index is 602. The molecule has 0 fully saturated rings. The van der Waals surface area contributed by atoms with Crippen molar-refractivity contribution in [2.75, 3.05) is 7.11 Å². The van der Waals surface area contributed by atoms with Crippen molar-refractivity contribution in [1.29, 1.82) is 0 Å². The van der Waals surface area contributed by atoms with E-state index in [2.05, 4.69) is 10.5 Å². The number of nitrogens with two attached hydrogens (primary N) is 1. The van der Waals surface area contributed by atoms with Gasteiger partial charge in [-0.3, -0.25) is 0 Å². The first kappa shape index (κ1) is 13.9. The Hall–Kier alpha value is -2.50. The van der Waals surface area contributed by atoms with Crippen molar-refractivity contribution in [1.82, 2.24) is 10.5 Å². The molecule has 6 heteroatoms. The van der Waals surface area contributed by atoms with Crippen molar-refractivity contribution < 1.29 is 14.1 Å². The number of urea groups is 1. The normalized spacial score (nSPS) is 11.2. The minimum absolute atomic E-state index is 0.530. The van der Waals surface area contributed by atoms with E-state index in [0.717, 1.165) is 11.3 Å². The summed E-state index contributed by atoms with van der Waals surface area (Å²) in [6.45, 7) is 3.58. The third-order valence-electron chi connectivity index (χ3n) is 2.95. The molecule has 2 aromatic rings. The number of amides is 2. The molecule has 0 saturated carbocycles. The number of primary amides is 1. The maximum absolute atomic E-state index is 11.0. The summed E-state index contributed by atoms with van der Waals surface area (Å²) in [6, 6.07) is 8.62. The summed E-state index contributed by atoms with van der Waals surface area (Å²) in [7, 11) is 1.61. The molecule has 106 valence electrons. The number of nitrogens with zero attached hydrogens (tertiary/aromatic N) is 1. The van der Waals surface area contributed by atoms with Gasteiger partial charge in [-0.25, -0.2) is 4.79 Å². The molecular formula is C14H17N3O3. The molecule has 0 atom stereocenters. The maximum Gasteiger partial charge on any atom is 0.312 e. The summed E-state index contributed by atoms with van der Waals surface area (Å²) >= 11 is 0. The van der Waals surface area contributed by atoms with Crippen molar-refractivity contribution in [3.8, 4) is 17.0 Å². The summed E-state index contributed by atoms with van der Waals surface area (Å²) in [5.74, 6) is 1.30. The van der Waals surface area contributed by atoms with Gasteiger partial charge in [0.2, 0.25) is 0 Å². The van der Waals surface area contributed by atoms with Crippen LogP contribution >= 0.6 is 0 Å². The van der Waals surface area contributed by atoms with E-state index in [1.807, 2.05) is 24.3 Å². The van der Waals surface area contributed by atoms with Crippen molar-refractivity contribution >= 4 is 6.03 Å². The lowest BCUT2D eigenvalue weighted by molar-refractivity contribution is 0.227. The van der Waals surface area contributed by atoms with Crippen LogP contribution in [0.15, 0.2) is 34.9 Å². The van der Waals surface area contributed by atoms with Gasteiger partial charge in [0.05, 0.1) is 12.6 Å². The predicted octanol–water partition coefficient (Wildman–Crippen LogP) is 2.25. The van der Waals surface area contributed by atoms with Crippen molar-refractivity contribution in [2.45, 2.75) is 19.4 Å². The Balaban J connectivity index is 2.25. The molecule has 0 aliphatic carbocycles. The lowest BCUT2D eigenvalue weighted by atomic mass is 10.0. The molecule has 1 heterocycles.